The van der Waals surface area contributed by atoms with Crippen molar-refractivity contribution in [2.45, 2.75) is 25.7 Å². The maximum absolute atomic E-state index is 12.1. The predicted molar refractivity (Wildman–Crippen MR) is 79.9 cm³/mol. The molecule has 1 fully saturated rings. The van der Waals surface area contributed by atoms with E-state index in [2.05, 4.69) is 18.6 Å². The summed E-state index contributed by atoms with van der Waals surface area (Å²) in [5, 5.41) is 6.33. The summed E-state index contributed by atoms with van der Waals surface area (Å²) >= 11 is -0.0573. The van der Waals surface area contributed by atoms with Crippen LogP contribution >= 0.6 is 0 Å². The molecule has 5 nitrogen and oxygen atoms in total. The van der Waals surface area contributed by atoms with Gasteiger partial charge in [0.25, 0.3) is 0 Å². The summed E-state index contributed by atoms with van der Waals surface area (Å²) in [6, 6.07) is 5.77. The third kappa shape index (κ3) is 3.26. The number of nitrogens with one attached hydrogen (secondary N) is 2. The Labute approximate surface area is 124 Å². The summed E-state index contributed by atoms with van der Waals surface area (Å²) in [7, 11) is 0. The van der Waals surface area contributed by atoms with Gasteiger partial charge in [-0.2, -0.15) is 0 Å². The number of piperidine rings is 1. The van der Waals surface area contributed by atoms with Crippen LogP contribution in [0.4, 0.5) is 5.69 Å². The fourth-order valence-electron chi connectivity index (χ4n) is 2.63. The number of nitrogens with zero attached hydrogens (tertiary/aromatic N) is 2. The van der Waals surface area contributed by atoms with Gasteiger partial charge in [0.05, 0.1) is 0 Å². The minimum absolute atomic E-state index is 0.0573. The molecule has 0 radical (unpaired) electrons. The van der Waals surface area contributed by atoms with Gasteiger partial charge in [-0.25, -0.2) is 0 Å². The van der Waals surface area contributed by atoms with Gasteiger partial charge in [0, 0.05) is 0 Å². The van der Waals surface area contributed by atoms with Crippen LogP contribution in [-0.2, 0) is 4.79 Å². The minimum atomic E-state index is -0.0573. The van der Waals surface area contributed by atoms with Crippen molar-refractivity contribution in [1.82, 2.24) is 13.3 Å². The Kier molecular flexibility index (Phi) is 4.45. The molecule has 2 aromatic rings. The predicted octanol–water partition coefficient (Wildman–Crippen LogP) is 1.41. The van der Waals surface area contributed by atoms with Crippen molar-refractivity contribution in [2.24, 2.45) is 5.92 Å². The number of amides is 1. The quantitative estimate of drug-likeness (QED) is 0.828. The van der Waals surface area contributed by atoms with E-state index in [1.807, 2.05) is 18.2 Å². The van der Waals surface area contributed by atoms with E-state index in [1.165, 1.54) is 12.8 Å². The van der Waals surface area contributed by atoms with Gasteiger partial charge in [-0.3, -0.25) is 0 Å². The van der Waals surface area contributed by atoms with Crippen LogP contribution in [0, 0.1) is 5.92 Å². The zero-order valence-corrected chi connectivity index (χ0v) is 13.0. The van der Waals surface area contributed by atoms with Crippen molar-refractivity contribution in [3.8, 4) is 0 Å². The number of aromatic nitrogens is 2. The van der Waals surface area contributed by atoms with E-state index in [0.29, 0.717) is 12.3 Å². The van der Waals surface area contributed by atoms with Gasteiger partial charge in [0.1, 0.15) is 0 Å². The van der Waals surface area contributed by atoms with E-state index >= 15 is 0 Å². The zero-order chi connectivity index (χ0) is 13.8. The summed E-state index contributed by atoms with van der Waals surface area (Å²) in [6.45, 7) is 2.17. The van der Waals surface area contributed by atoms with Crippen LogP contribution in [0.25, 0.3) is 11.0 Å². The number of benzene rings is 1. The molecule has 20 heavy (non-hydrogen) atoms. The number of fused-ring (bicyclic) bond motifs is 1. The normalized spacial score (nSPS) is 16.4. The Hall–Kier alpha value is -1.23. The Morgan fingerprint density at radius 3 is 3.05 bits per heavy atom. The van der Waals surface area contributed by atoms with E-state index < -0.39 is 0 Å². The molecule has 1 aliphatic heterocycles. The van der Waals surface area contributed by atoms with Crippen LogP contribution < -0.4 is 10.6 Å². The van der Waals surface area contributed by atoms with Gasteiger partial charge in [-0.1, -0.05) is 0 Å². The third-order valence-electron chi connectivity index (χ3n) is 3.80. The summed E-state index contributed by atoms with van der Waals surface area (Å²) in [6.07, 6.45) is 3.94. The van der Waals surface area contributed by atoms with Gasteiger partial charge < -0.3 is 0 Å². The fraction of sp³-hybridized carbons (Fsp3) is 0.500. The van der Waals surface area contributed by atoms with Crippen molar-refractivity contribution < 1.29 is 4.79 Å². The number of hydrogen-bond donors (Lipinski definition) is 2. The Bertz CT molecular complexity index is 592. The van der Waals surface area contributed by atoms with Crippen molar-refractivity contribution >= 4 is 37.6 Å². The first-order valence-electron chi connectivity index (χ1n) is 7.05. The first-order valence-corrected chi connectivity index (χ1v) is 8.58. The molecule has 2 N–H and O–H groups in total. The number of hydrogen-bond acceptors (Lipinski definition) is 4. The first-order chi connectivity index (χ1) is 9.83. The van der Waals surface area contributed by atoms with E-state index in [1.54, 1.807) is 0 Å². The fourth-order valence-corrected chi connectivity index (χ4v) is 3.78. The van der Waals surface area contributed by atoms with Crippen LogP contribution in [0.5, 0.6) is 0 Å². The topological polar surface area (TPSA) is 66.9 Å². The SMILES string of the molecule is O=C(CCC1CCNCC1)Nc1cccc2n[se]nc12. The van der Waals surface area contributed by atoms with Gasteiger partial charge in [-0.05, 0) is 0 Å². The molecule has 106 valence electrons. The average Bonchev–Trinajstić information content (AvgIpc) is 2.96. The molecular formula is C14H18N4OSe. The Morgan fingerprint density at radius 2 is 2.20 bits per heavy atom. The van der Waals surface area contributed by atoms with Crippen LogP contribution in [0.3, 0.4) is 0 Å². The molecular weight excluding hydrogens is 319 g/mol. The second-order valence-electron chi connectivity index (χ2n) is 5.22. The summed E-state index contributed by atoms with van der Waals surface area (Å²) in [5.41, 5.74) is 2.56. The standard InChI is InChI=1S/C14H18N4OSe/c19-13(5-4-10-6-8-15-9-7-10)16-11-2-1-3-12-14(11)18-20-17-12/h1-3,10,15H,4-9H2,(H,16,19). The van der Waals surface area contributed by atoms with Crippen LogP contribution in [0.15, 0.2) is 18.2 Å². The molecule has 2 heterocycles. The van der Waals surface area contributed by atoms with E-state index in [9.17, 15) is 4.79 Å². The number of carbonyl (C=O) groups excluding carboxylic acids is 1. The monoisotopic (exact) mass is 338 g/mol. The first kappa shape index (κ1) is 13.7. The molecule has 0 saturated carbocycles. The van der Waals surface area contributed by atoms with Crippen molar-refractivity contribution in [1.29, 1.82) is 0 Å². The molecule has 0 aliphatic carbocycles. The van der Waals surface area contributed by atoms with Gasteiger partial charge >= 0.3 is 124 Å². The molecule has 0 spiro atoms. The van der Waals surface area contributed by atoms with Crippen LogP contribution in [-0.4, -0.2) is 41.9 Å². The second kappa shape index (κ2) is 6.48. The number of carbonyl (C=O) groups is 1. The Balaban J connectivity index is 1.57. The molecule has 1 aliphatic rings. The molecule has 1 aromatic carbocycles. The summed E-state index contributed by atoms with van der Waals surface area (Å²) in [5.74, 6) is 0.776. The van der Waals surface area contributed by atoms with Gasteiger partial charge in [0.2, 0.25) is 0 Å². The van der Waals surface area contributed by atoms with Crippen LogP contribution in [0.1, 0.15) is 25.7 Å². The molecule has 0 unspecified atom stereocenters. The molecule has 6 heteroatoms. The summed E-state index contributed by atoms with van der Waals surface area (Å²) < 4.78 is 8.70. The second-order valence-corrected chi connectivity index (χ2v) is 6.33. The maximum atomic E-state index is 12.1. The van der Waals surface area contributed by atoms with Gasteiger partial charge in [-0.15, -0.1) is 0 Å². The Morgan fingerprint density at radius 1 is 1.35 bits per heavy atom. The molecule has 0 atom stereocenters. The van der Waals surface area contributed by atoms with E-state index in [0.717, 1.165) is 36.2 Å². The van der Waals surface area contributed by atoms with E-state index in [4.69, 9.17) is 0 Å². The summed E-state index contributed by atoms with van der Waals surface area (Å²) in [4.78, 5) is 12.1. The molecule has 1 aromatic heterocycles. The number of rotatable bonds is 4. The van der Waals surface area contributed by atoms with Crippen molar-refractivity contribution in [3.05, 3.63) is 18.2 Å². The number of anilines is 1. The molecule has 1 saturated heterocycles. The molecule has 3 rings (SSSR count). The average molecular weight is 337 g/mol. The van der Waals surface area contributed by atoms with Crippen molar-refractivity contribution in [2.75, 3.05) is 18.4 Å². The van der Waals surface area contributed by atoms with Crippen molar-refractivity contribution in [3.63, 3.8) is 0 Å². The van der Waals surface area contributed by atoms with Gasteiger partial charge in [0.15, 0.2) is 0 Å². The zero-order valence-electron chi connectivity index (χ0n) is 11.3. The molecule has 1 amide bonds. The third-order valence-corrected chi connectivity index (χ3v) is 4.94. The van der Waals surface area contributed by atoms with Crippen LogP contribution in [0.2, 0.25) is 0 Å². The van der Waals surface area contributed by atoms with E-state index in [-0.39, 0.29) is 20.9 Å². The molecule has 0 bridgehead atoms.